The van der Waals surface area contributed by atoms with E-state index in [0.29, 0.717) is 25.2 Å². The maximum absolute atomic E-state index is 11.5. The van der Waals surface area contributed by atoms with Crippen LogP contribution in [0.1, 0.15) is 18.4 Å². The Labute approximate surface area is 118 Å². The zero-order chi connectivity index (χ0) is 14.2. The summed E-state index contributed by atoms with van der Waals surface area (Å²) in [5, 5.41) is 2.72. The molecule has 1 aliphatic rings. The molecular formula is C15H20N2O3. The molecule has 2 rings (SSSR count). The Balaban J connectivity index is 1.57. The number of alkyl carbamates (subject to hydrolysis) is 1. The SMILES string of the molecule is O=C1CCN(CCNC(=O)OCc2ccccc2)CC1. The molecule has 0 unspecified atom stereocenters. The van der Waals surface area contributed by atoms with Crippen LogP contribution in [-0.2, 0) is 16.1 Å². The molecule has 1 aromatic carbocycles. The van der Waals surface area contributed by atoms with Gasteiger partial charge in [-0.15, -0.1) is 0 Å². The molecular weight excluding hydrogens is 256 g/mol. The Morgan fingerprint density at radius 2 is 1.90 bits per heavy atom. The van der Waals surface area contributed by atoms with Crippen molar-refractivity contribution >= 4 is 11.9 Å². The van der Waals surface area contributed by atoms with Crippen molar-refractivity contribution in [3.63, 3.8) is 0 Å². The Morgan fingerprint density at radius 3 is 2.60 bits per heavy atom. The monoisotopic (exact) mass is 276 g/mol. The van der Waals surface area contributed by atoms with Crippen molar-refractivity contribution in [2.24, 2.45) is 0 Å². The van der Waals surface area contributed by atoms with Crippen molar-refractivity contribution in [2.75, 3.05) is 26.2 Å². The Hall–Kier alpha value is -1.88. The fourth-order valence-electron chi connectivity index (χ4n) is 2.12. The first kappa shape index (κ1) is 14.5. The fourth-order valence-corrected chi connectivity index (χ4v) is 2.12. The summed E-state index contributed by atoms with van der Waals surface area (Å²) >= 11 is 0. The highest BCUT2D eigenvalue weighted by atomic mass is 16.5. The van der Waals surface area contributed by atoms with Gasteiger partial charge in [-0.05, 0) is 5.56 Å². The van der Waals surface area contributed by atoms with Gasteiger partial charge in [-0.1, -0.05) is 30.3 Å². The van der Waals surface area contributed by atoms with E-state index in [9.17, 15) is 9.59 Å². The van der Waals surface area contributed by atoms with E-state index in [1.54, 1.807) is 0 Å². The van der Waals surface area contributed by atoms with E-state index in [1.807, 2.05) is 30.3 Å². The van der Waals surface area contributed by atoms with Crippen molar-refractivity contribution in [3.8, 4) is 0 Å². The number of hydrogen-bond donors (Lipinski definition) is 1. The molecule has 0 bridgehead atoms. The van der Waals surface area contributed by atoms with Crippen LogP contribution in [0, 0.1) is 0 Å². The van der Waals surface area contributed by atoms with Crippen LogP contribution in [0.15, 0.2) is 30.3 Å². The first-order valence-corrected chi connectivity index (χ1v) is 6.92. The van der Waals surface area contributed by atoms with Gasteiger partial charge in [-0.2, -0.15) is 0 Å². The third-order valence-corrected chi connectivity index (χ3v) is 3.32. The van der Waals surface area contributed by atoms with Crippen LogP contribution < -0.4 is 5.32 Å². The van der Waals surface area contributed by atoms with Gasteiger partial charge in [-0.3, -0.25) is 4.79 Å². The molecule has 108 valence electrons. The lowest BCUT2D eigenvalue weighted by Crippen LogP contribution is -2.39. The topological polar surface area (TPSA) is 58.6 Å². The molecule has 5 heteroatoms. The van der Waals surface area contributed by atoms with E-state index in [4.69, 9.17) is 4.74 Å². The van der Waals surface area contributed by atoms with Gasteiger partial charge in [0.1, 0.15) is 12.4 Å². The number of piperidine rings is 1. The van der Waals surface area contributed by atoms with Crippen LogP contribution >= 0.6 is 0 Å². The van der Waals surface area contributed by atoms with Gasteiger partial charge in [0.25, 0.3) is 0 Å². The first-order chi connectivity index (χ1) is 9.74. The minimum Gasteiger partial charge on any atom is -0.445 e. The number of amides is 1. The van der Waals surface area contributed by atoms with Gasteiger partial charge in [-0.25, -0.2) is 4.79 Å². The number of nitrogens with zero attached hydrogens (tertiary/aromatic N) is 1. The molecule has 5 nitrogen and oxygen atoms in total. The third kappa shape index (κ3) is 5.01. The molecule has 1 saturated heterocycles. The number of Topliss-reactive ketones (excluding diaryl/α,β-unsaturated/α-hetero) is 1. The highest BCUT2D eigenvalue weighted by molar-refractivity contribution is 5.79. The van der Waals surface area contributed by atoms with Crippen LogP contribution in [0.5, 0.6) is 0 Å². The van der Waals surface area contributed by atoms with Gasteiger partial charge in [0.15, 0.2) is 0 Å². The van der Waals surface area contributed by atoms with Crippen LogP contribution in [0.25, 0.3) is 0 Å². The molecule has 1 heterocycles. The number of ketones is 1. The normalized spacial score (nSPS) is 15.9. The minimum absolute atomic E-state index is 0.283. The molecule has 0 aromatic heterocycles. The minimum atomic E-state index is -0.401. The highest BCUT2D eigenvalue weighted by Gasteiger charge is 2.15. The first-order valence-electron chi connectivity index (χ1n) is 6.92. The molecule has 1 fully saturated rings. The number of ether oxygens (including phenoxy) is 1. The molecule has 1 N–H and O–H groups in total. The zero-order valence-corrected chi connectivity index (χ0v) is 11.5. The lowest BCUT2D eigenvalue weighted by atomic mass is 10.1. The van der Waals surface area contributed by atoms with E-state index in [-0.39, 0.29) is 6.61 Å². The summed E-state index contributed by atoms with van der Waals surface area (Å²) in [7, 11) is 0. The van der Waals surface area contributed by atoms with E-state index >= 15 is 0 Å². The van der Waals surface area contributed by atoms with Crippen LogP contribution in [0.3, 0.4) is 0 Å². The second-order valence-corrected chi connectivity index (χ2v) is 4.87. The molecule has 0 saturated carbocycles. The van der Waals surface area contributed by atoms with Crippen molar-refractivity contribution < 1.29 is 14.3 Å². The van der Waals surface area contributed by atoms with Crippen molar-refractivity contribution in [1.29, 1.82) is 0 Å². The van der Waals surface area contributed by atoms with Gasteiger partial charge >= 0.3 is 6.09 Å². The molecule has 0 atom stereocenters. The summed E-state index contributed by atoms with van der Waals surface area (Å²) in [6.45, 7) is 3.17. The number of benzene rings is 1. The summed E-state index contributed by atoms with van der Waals surface area (Å²) in [6, 6.07) is 9.57. The fraction of sp³-hybridized carbons (Fsp3) is 0.467. The summed E-state index contributed by atoms with van der Waals surface area (Å²) < 4.78 is 5.11. The summed E-state index contributed by atoms with van der Waals surface area (Å²) in [4.78, 5) is 24.8. The lowest BCUT2D eigenvalue weighted by Gasteiger charge is -2.25. The average molecular weight is 276 g/mol. The van der Waals surface area contributed by atoms with Crippen LogP contribution in [0.2, 0.25) is 0 Å². The number of hydrogen-bond acceptors (Lipinski definition) is 4. The second-order valence-electron chi connectivity index (χ2n) is 4.87. The predicted molar refractivity (Wildman–Crippen MR) is 75.3 cm³/mol. The molecule has 0 aliphatic carbocycles. The summed E-state index contributed by atoms with van der Waals surface area (Å²) in [5.41, 5.74) is 0.970. The number of nitrogens with one attached hydrogen (secondary N) is 1. The number of likely N-dealkylation sites (tertiary alicyclic amines) is 1. The van der Waals surface area contributed by atoms with Gasteiger partial charge in [0, 0.05) is 39.0 Å². The zero-order valence-electron chi connectivity index (χ0n) is 11.5. The standard InChI is InChI=1S/C15H20N2O3/c18-14-6-9-17(10-7-14)11-8-16-15(19)20-12-13-4-2-1-3-5-13/h1-5H,6-12H2,(H,16,19). The van der Waals surface area contributed by atoms with E-state index in [0.717, 1.165) is 25.2 Å². The third-order valence-electron chi connectivity index (χ3n) is 3.32. The molecule has 0 spiro atoms. The van der Waals surface area contributed by atoms with Gasteiger partial charge in [0.05, 0.1) is 0 Å². The molecule has 0 radical (unpaired) electrons. The van der Waals surface area contributed by atoms with Crippen molar-refractivity contribution in [3.05, 3.63) is 35.9 Å². The lowest BCUT2D eigenvalue weighted by molar-refractivity contribution is -0.121. The summed E-state index contributed by atoms with van der Waals surface area (Å²) in [6.07, 6.45) is 0.846. The van der Waals surface area contributed by atoms with E-state index < -0.39 is 6.09 Å². The summed E-state index contributed by atoms with van der Waals surface area (Å²) in [5.74, 6) is 0.330. The molecule has 1 amide bonds. The van der Waals surface area contributed by atoms with Gasteiger partial charge in [0.2, 0.25) is 0 Å². The molecule has 1 aromatic rings. The van der Waals surface area contributed by atoms with E-state index in [1.165, 1.54) is 0 Å². The highest BCUT2D eigenvalue weighted by Crippen LogP contribution is 2.04. The molecule has 20 heavy (non-hydrogen) atoms. The average Bonchev–Trinajstić information content (AvgIpc) is 2.48. The van der Waals surface area contributed by atoms with Gasteiger partial charge < -0.3 is 15.0 Å². The van der Waals surface area contributed by atoms with Crippen LogP contribution in [0.4, 0.5) is 4.79 Å². The number of rotatable bonds is 5. The maximum atomic E-state index is 11.5. The number of carbonyl (C=O) groups excluding carboxylic acids is 2. The quantitative estimate of drug-likeness (QED) is 0.887. The Kier molecular flexibility index (Phi) is 5.55. The second kappa shape index (κ2) is 7.65. The van der Waals surface area contributed by atoms with E-state index in [2.05, 4.69) is 10.2 Å². The number of carbonyl (C=O) groups is 2. The predicted octanol–water partition coefficient (Wildman–Crippen LogP) is 1.58. The van der Waals surface area contributed by atoms with Crippen LogP contribution in [-0.4, -0.2) is 43.0 Å². The Bertz CT molecular complexity index is 438. The largest absolute Gasteiger partial charge is 0.445 e. The van der Waals surface area contributed by atoms with Crippen molar-refractivity contribution in [2.45, 2.75) is 19.4 Å². The Morgan fingerprint density at radius 1 is 1.20 bits per heavy atom. The molecule has 1 aliphatic heterocycles. The van der Waals surface area contributed by atoms with Crippen molar-refractivity contribution in [1.82, 2.24) is 10.2 Å². The smallest absolute Gasteiger partial charge is 0.407 e. The maximum Gasteiger partial charge on any atom is 0.407 e.